The molecule has 0 amide bonds. The molecule has 0 saturated carbocycles. The van der Waals surface area contributed by atoms with Crippen LogP contribution in [0.1, 0.15) is 24.8 Å². The SMILES string of the molecule is COc1ccc(C(C)CN)cc1OC1CCSC1. The monoisotopic (exact) mass is 267 g/mol. The molecule has 1 aliphatic heterocycles. The third kappa shape index (κ3) is 3.12. The first-order valence-corrected chi connectivity index (χ1v) is 7.52. The molecule has 1 fully saturated rings. The molecule has 0 bridgehead atoms. The van der Waals surface area contributed by atoms with Gasteiger partial charge in [0.15, 0.2) is 11.5 Å². The maximum Gasteiger partial charge on any atom is 0.161 e. The van der Waals surface area contributed by atoms with Crippen LogP contribution in [0.15, 0.2) is 18.2 Å². The Bertz CT molecular complexity index is 391. The molecule has 1 aliphatic rings. The van der Waals surface area contributed by atoms with Crippen LogP contribution in [0.25, 0.3) is 0 Å². The summed E-state index contributed by atoms with van der Waals surface area (Å²) in [5.41, 5.74) is 6.92. The van der Waals surface area contributed by atoms with Gasteiger partial charge in [0.25, 0.3) is 0 Å². The van der Waals surface area contributed by atoms with Crippen LogP contribution in [-0.4, -0.2) is 31.3 Å². The van der Waals surface area contributed by atoms with Crippen molar-refractivity contribution in [1.82, 2.24) is 0 Å². The van der Waals surface area contributed by atoms with Gasteiger partial charge in [-0.3, -0.25) is 0 Å². The third-order valence-electron chi connectivity index (χ3n) is 3.29. The molecule has 0 aromatic heterocycles. The van der Waals surface area contributed by atoms with Gasteiger partial charge in [-0.2, -0.15) is 11.8 Å². The summed E-state index contributed by atoms with van der Waals surface area (Å²) in [5.74, 6) is 4.25. The van der Waals surface area contributed by atoms with Crippen LogP contribution in [0, 0.1) is 0 Å². The summed E-state index contributed by atoms with van der Waals surface area (Å²) in [5, 5.41) is 0. The minimum absolute atomic E-state index is 0.312. The van der Waals surface area contributed by atoms with Crippen LogP contribution < -0.4 is 15.2 Å². The lowest BCUT2D eigenvalue weighted by atomic mass is 10.0. The van der Waals surface area contributed by atoms with Gasteiger partial charge in [0.2, 0.25) is 0 Å². The van der Waals surface area contributed by atoms with E-state index in [1.165, 1.54) is 11.3 Å². The van der Waals surface area contributed by atoms with Gasteiger partial charge in [0.1, 0.15) is 6.10 Å². The minimum Gasteiger partial charge on any atom is -0.493 e. The molecule has 100 valence electrons. The van der Waals surface area contributed by atoms with Crippen molar-refractivity contribution in [3.05, 3.63) is 23.8 Å². The van der Waals surface area contributed by atoms with E-state index in [1.807, 2.05) is 17.8 Å². The number of hydrogen-bond donors (Lipinski definition) is 1. The van der Waals surface area contributed by atoms with Gasteiger partial charge >= 0.3 is 0 Å². The summed E-state index contributed by atoms with van der Waals surface area (Å²) in [6.07, 6.45) is 1.43. The summed E-state index contributed by atoms with van der Waals surface area (Å²) in [4.78, 5) is 0. The standard InChI is InChI=1S/C14H21NO2S/c1-10(8-15)11-3-4-13(16-2)14(7-11)17-12-5-6-18-9-12/h3-4,7,10,12H,5-6,8-9,15H2,1-2H3. The lowest BCUT2D eigenvalue weighted by Crippen LogP contribution is -2.16. The first-order valence-electron chi connectivity index (χ1n) is 6.37. The van der Waals surface area contributed by atoms with E-state index in [-0.39, 0.29) is 0 Å². The fourth-order valence-corrected chi connectivity index (χ4v) is 3.11. The molecule has 4 heteroatoms. The Balaban J connectivity index is 2.18. The molecular weight excluding hydrogens is 246 g/mol. The molecule has 1 saturated heterocycles. The first kappa shape index (κ1) is 13.6. The second-order valence-corrected chi connectivity index (χ2v) is 5.80. The van der Waals surface area contributed by atoms with E-state index in [2.05, 4.69) is 19.1 Å². The van der Waals surface area contributed by atoms with Crippen molar-refractivity contribution >= 4 is 11.8 Å². The van der Waals surface area contributed by atoms with Gasteiger partial charge in [-0.25, -0.2) is 0 Å². The molecule has 1 heterocycles. The van der Waals surface area contributed by atoms with Crippen molar-refractivity contribution in [1.29, 1.82) is 0 Å². The maximum absolute atomic E-state index is 6.05. The summed E-state index contributed by atoms with van der Waals surface area (Å²) >= 11 is 1.94. The highest BCUT2D eigenvalue weighted by Gasteiger charge is 2.19. The zero-order valence-electron chi connectivity index (χ0n) is 11.0. The van der Waals surface area contributed by atoms with Crippen molar-refractivity contribution < 1.29 is 9.47 Å². The van der Waals surface area contributed by atoms with Crippen molar-refractivity contribution in [3.8, 4) is 11.5 Å². The van der Waals surface area contributed by atoms with E-state index in [0.29, 0.717) is 18.6 Å². The van der Waals surface area contributed by atoms with Crippen LogP contribution in [0.5, 0.6) is 11.5 Å². The van der Waals surface area contributed by atoms with Crippen molar-refractivity contribution in [2.45, 2.75) is 25.4 Å². The third-order valence-corrected chi connectivity index (χ3v) is 4.42. The zero-order valence-corrected chi connectivity index (χ0v) is 11.8. The Labute approximate surface area is 113 Å². The van der Waals surface area contributed by atoms with Gasteiger partial charge in [-0.15, -0.1) is 0 Å². The first-order chi connectivity index (χ1) is 8.74. The molecule has 0 radical (unpaired) electrons. The van der Waals surface area contributed by atoms with E-state index >= 15 is 0 Å². The highest BCUT2D eigenvalue weighted by molar-refractivity contribution is 7.99. The topological polar surface area (TPSA) is 44.5 Å². The zero-order chi connectivity index (χ0) is 13.0. The van der Waals surface area contributed by atoms with Gasteiger partial charge in [0.05, 0.1) is 7.11 Å². The van der Waals surface area contributed by atoms with Crippen molar-refractivity contribution in [2.24, 2.45) is 5.73 Å². The molecule has 2 N–H and O–H groups in total. The van der Waals surface area contributed by atoms with E-state index in [0.717, 1.165) is 23.7 Å². The van der Waals surface area contributed by atoms with Crippen LogP contribution in [0.2, 0.25) is 0 Å². The van der Waals surface area contributed by atoms with Gasteiger partial charge in [-0.05, 0) is 42.3 Å². The van der Waals surface area contributed by atoms with Gasteiger partial charge in [-0.1, -0.05) is 13.0 Å². The lowest BCUT2D eigenvalue weighted by Gasteiger charge is -2.18. The smallest absolute Gasteiger partial charge is 0.161 e. The molecular formula is C14H21NO2S. The van der Waals surface area contributed by atoms with Crippen LogP contribution >= 0.6 is 11.8 Å². The highest BCUT2D eigenvalue weighted by atomic mass is 32.2. The maximum atomic E-state index is 6.05. The summed E-state index contributed by atoms with van der Waals surface area (Å²) < 4.78 is 11.4. The normalized spacial score (nSPS) is 20.7. The number of hydrogen-bond acceptors (Lipinski definition) is 4. The van der Waals surface area contributed by atoms with Crippen LogP contribution in [0.4, 0.5) is 0 Å². The average Bonchev–Trinajstić information content (AvgIpc) is 2.90. The van der Waals surface area contributed by atoms with E-state index in [9.17, 15) is 0 Å². The van der Waals surface area contributed by atoms with Crippen LogP contribution in [0.3, 0.4) is 0 Å². The molecule has 1 aromatic rings. The number of methoxy groups -OCH3 is 1. The number of rotatable bonds is 5. The quantitative estimate of drug-likeness (QED) is 0.890. The van der Waals surface area contributed by atoms with E-state index in [4.69, 9.17) is 15.2 Å². The average molecular weight is 267 g/mol. The Morgan fingerprint density at radius 2 is 2.28 bits per heavy atom. The van der Waals surface area contributed by atoms with Gasteiger partial charge in [0, 0.05) is 5.75 Å². The molecule has 1 aromatic carbocycles. The fourth-order valence-electron chi connectivity index (χ4n) is 2.01. The molecule has 2 rings (SSSR count). The number of benzene rings is 1. The molecule has 0 aliphatic carbocycles. The van der Waals surface area contributed by atoms with E-state index in [1.54, 1.807) is 7.11 Å². The lowest BCUT2D eigenvalue weighted by molar-refractivity contribution is 0.218. The Morgan fingerprint density at radius 3 is 2.89 bits per heavy atom. The van der Waals surface area contributed by atoms with Crippen molar-refractivity contribution in [2.75, 3.05) is 25.2 Å². The Morgan fingerprint density at radius 1 is 1.44 bits per heavy atom. The molecule has 2 unspecified atom stereocenters. The molecule has 2 atom stereocenters. The second-order valence-electron chi connectivity index (χ2n) is 4.65. The molecule has 3 nitrogen and oxygen atoms in total. The number of thioether (sulfide) groups is 1. The predicted octanol–water partition coefficient (Wildman–Crippen LogP) is 2.64. The fraction of sp³-hybridized carbons (Fsp3) is 0.571. The van der Waals surface area contributed by atoms with Gasteiger partial charge < -0.3 is 15.2 Å². The largest absolute Gasteiger partial charge is 0.493 e. The molecule has 0 spiro atoms. The Kier molecular flexibility index (Phi) is 4.78. The highest BCUT2D eigenvalue weighted by Crippen LogP contribution is 2.33. The summed E-state index contributed by atoms with van der Waals surface area (Å²) in [6.45, 7) is 2.77. The second kappa shape index (κ2) is 6.34. The number of ether oxygens (including phenoxy) is 2. The number of nitrogens with two attached hydrogens (primary N) is 1. The molecule has 18 heavy (non-hydrogen) atoms. The van der Waals surface area contributed by atoms with Crippen LogP contribution in [-0.2, 0) is 0 Å². The predicted molar refractivity (Wildman–Crippen MR) is 76.8 cm³/mol. The van der Waals surface area contributed by atoms with E-state index < -0.39 is 0 Å². The summed E-state index contributed by atoms with van der Waals surface area (Å²) in [7, 11) is 1.68. The Hall–Kier alpha value is -0.870. The minimum atomic E-state index is 0.312. The van der Waals surface area contributed by atoms with Crippen molar-refractivity contribution in [3.63, 3.8) is 0 Å². The summed E-state index contributed by atoms with van der Waals surface area (Å²) in [6, 6.07) is 6.10.